The molecule has 0 bridgehead atoms. The van der Waals surface area contributed by atoms with Crippen molar-refractivity contribution in [1.82, 2.24) is 0 Å². The summed E-state index contributed by atoms with van der Waals surface area (Å²) < 4.78 is 5.55. The van der Waals surface area contributed by atoms with Crippen molar-refractivity contribution in [3.05, 3.63) is 12.2 Å². The third kappa shape index (κ3) is 4.90. The molecule has 4 nitrogen and oxygen atoms in total. The number of ether oxygens (including phenoxy) is 1. The number of hydrogen-bond acceptors (Lipinski definition) is 3. The predicted octanol–water partition coefficient (Wildman–Crippen LogP) is 2.92. The van der Waals surface area contributed by atoms with Crippen LogP contribution in [0.5, 0.6) is 0 Å². The molecule has 18 heavy (non-hydrogen) atoms. The molecule has 0 amide bonds. The van der Waals surface area contributed by atoms with Gasteiger partial charge < -0.3 is 9.84 Å². The van der Waals surface area contributed by atoms with Gasteiger partial charge in [-0.3, -0.25) is 0 Å². The molecule has 0 saturated heterocycles. The number of carboxylic acids is 1. The molecule has 0 aromatic heterocycles. The van der Waals surface area contributed by atoms with Crippen LogP contribution in [-0.4, -0.2) is 22.6 Å². The Bertz CT molecular complexity index is 325. The molecule has 0 heterocycles. The van der Waals surface area contributed by atoms with Gasteiger partial charge >= 0.3 is 11.9 Å². The van der Waals surface area contributed by atoms with E-state index in [-0.39, 0.29) is 5.60 Å². The number of hydrogen-bond donors (Lipinski definition) is 1. The number of carbonyl (C=O) groups is 2. The maximum absolute atomic E-state index is 11.6. The fourth-order valence-corrected chi connectivity index (χ4v) is 2.67. The molecule has 1 fully saturated rings. The smallest absolute Gasteiger partial charge is 0.331 e. The van der Waals surface area contributed by atoms with E-state index in [1.54, 1.807) is 0 Å². The van der Waals surface area contributed by atoms with E-state index < -0.39 is 11.9 Å². The molecule has 0 aliphatic heterocycles. The lowest BCUT2D eigenvalue weighted by Gasteiger charge is -2.37. The first-order chi connectivity index (χ1) is 8.43. The van der Waals surface area contributed by atoms with E-state index in [0.717, 1.165) is 44.3 Å². The van der Waals surface area contributed by atoms with E-state index >= 15 is 0 Å². The summed E-state index contributed by atoms with van der Waals surface area (Å²) >= 11 is 0. The van der Waals surface area contributed by atoms with E-state index in [4.69, 9.17) is 9.84 Å². The molecule has 1 aliphatic rings. The molecule has 0 aromatic carbocycles. The zero-order valence-electron chi connectivity index (χ0n) is 11.1. The van der Waals surface area contributed by atoms with Gasteiger partial charge in [0, 0.05) is 12.2 Å². The van der Waals surface area contributed by atoms with Gasteiger partial charge in [-0.05, 0) is 38.0 Å². The highest BCUT2D eigenvalue weighted by Crippen LogP contribution is 2.36. The van der Waals surface area contributed by atoms with Crippen LogP contribution in [0.15, 0.2) is 12.2 Å². The van der Waals surface area contributed by atoms with Gasteiger partial charge in [-0.1, -0.05) is 20.3 Å². The molecular weight excluding hydrogens is 232 g/mol. The Kier molecular flexibility index (Phi) is 5.38. The molecular formula is C14H22O4. The van der Waals surface area contributed by atoms with Gasteiger partial charge in [0.05, 0.1) is 0 Å². The molecule has 0 atom stereocenters. The maximum atomic E-state index is 11.6. The standard InChI is InChI=1S/C14H22O4/c1-11(2)10-14(8-4-3-5-9-14)18-13(17)7-6-12(15)16/h6-7,11H,3-5,8-10H2,1-2H3,(H,15,16). The normalized spacial score (nSPS) is 19.1. The van der Waals surface area contributed by atoms with Crippen molar-refractivity contribution in [3.8, 4) is 0 Å². The summed E-state index contributed by atoms with van der Waals surface area (Å²) in [7, 11) is 0. The lowest BCUT2D eigenvalue weighted by atomic mass is 9.79. The molecule has 1 N–H and O–H groups in total. The van der Waals surface area contributed by atoms with Gasteiger partial charge in [0.15, 0.2) is 0 Å². The van der Waals surface area contributed by atoms with E-state index in [2.05, 4.69) is 13.8 Å². The van der Waals surface area contributed by atoms with Crippen molar-refractivity contribution >= 4 is 11.9 Å². The van der Waals surface area contributed by atoms with Crippen LogP contribution in [0.3, 0.4) is 0 Å². The Morgan fingerprint density at radius 1 is 1.22 bits per heavy atom. The van der Waals surface area contributed by atoms with E-state index in [1.807, 2.05) is 0 Å². The summed E-state index contributed by atoms with van der Waals surface area (Å²) in [5.74, 6) is -1.21. The van der Waals surface area contributed by atoms with Crippen molar-refractivity contribution in [1.29, 1.82) is 0 Å². The Morgan fingerprint density at radius 3 is 2.33 bits per heavy atom. The second kappa shape index (κ2) is 6.57. The molecule has 1 rings (SSSR count). The fourth-order valence-electron chi connectivity index (χ4n) is 2.67. The Hall–Kier alpha value is -1.32. The van der Waals surface area contributed by atoms with E-state index in [9.17, 15) is 9.59 Å². The van der Waals surface area contributed by atoms with E-state index in [0.29, 0.717) is 5.92 Å². The van der Waals surface area contributed by atoms with Gasteiger partial charge in [-0.25, -0.2) is 9.59 Å². The summed E-state index contributed by atoms with van der Waals surface area (Å²) in [4.78, 5) is 22.0. The lowest BCUT2D eigenvalue weighted by Crippen LogP contribution is -2.38. The first-order valence-corrected chi connectivity index (χ1v) is 6.57. The minimum absolute atomic E-state index is 0.383. The molecule has 0 aromatic rings. The molecule has 0 radical (unpaired) electrons. The third-order valence-electron chi connectivity index (χ3n) is 3.22. The first-order valence-electron chi connectivity index (χ1n) is 6.57. The molecule has 1 aliphatic carbocycles. The van der Waals surface area contributed by atoms with Crippen molar-refractivity contribution in [2.45, 2.75) is 58.0 Å². The van der Waals surface area contributed by atoms with Gasteiger partial charge in [-0.15, -0.1) is 0 Å². The highest BCUT2D eigenvalue weighted by molar-refractivity contribution is 5.90. The van der Waals surface area contributed by atoms with Gasteiger partial charge in [-0.2, -0.15) is 0 Å². The van der Waals surface area contributed by atoms with Crippen molar-refractivity contribution in [3.63, 3.8) is 0 Å². The summed E-state index contributed by atoms with van der Waals surface area (Å²) in [6.07, 6.45) is 7.77. The topological polar surface area (TPSA) is 63.6 Å². The van der Waals surface area contributed by atoms with Crippen LogP contribution in [0.4, 0.5) is 0 Å². The van der Waals surface area contributed by atoms with Gasteiger partial charge in [0.1, 0.15) is 5.60 Å². The molecule has 0 unspecified atom stereocenters. The summed E-state index contributed by atoms with van der Waals surface area (Å²) in [6, 6.07) is 0. The first kappa shape index (κ1) is 14.7. The summed E-state index contributed by atoms with van der Waals surface area (Å²) in [5.41, 5.74) is -0.383. The van der Waals surface area contributed by atoms with Crippen LogP contribution < -0.4 is 0 Å². The maximum Gasteiger partial charge on any atom is 0.331 e. The second-order valence-corrected chi connectivity index (χ2v) is 5.43. The number of aliphatic carboxylic acids is 1. The van der Waals surface area contributed by atoms with Crippen LogP contribution in [0, 0.1) is 5.92 Å². The summed E-state index contributed by atoms with van der Waals surface area (Å²) in [6.45, 7) is 4.22. The Balaban J connectivity index is 2.66. The molecule has 0 spiro atoms. The summed E-state index contributed by atoms with van der Waals surface area (Å²) in [5, 5.41) is 8.48. The number of rotatable bonds is 5. The van der Waals surface area contributed by atoms with Crippen LogP contribution in [-0.2, 0) is 14.3 Å². The SMILES string of the molecule is CC(C)CC1(OC(=O)C=CC(=O)O)CCCCC1. The highest BCUT2D eigenvalue weighted by atomic mass is 16.6. The van der Waals surface area contributed by atoms with E-state index in [1.165, 1.54) is 6.42 Å². The average Bonchev–Trinajstić information content (AvgIpc) is 2.26. The van der Waals surface area contributed by atoms with Crippen LogP contribution in [0.1, 0.15) is 52.4 Å². The monoisotopic (exact) mass is 254 g/mol. The number of carboxylic acid groups (broad SMARTS) is 1. The van der Waals surface area contributed by atoms with Crippen LogP contribution in [0.25, 0.3) is 0 Å². The Morgan fingerprint density at radius 2 is 1.83 bits per heavy atom. The molecule has 1 saturated carbocycles. The van der Waals surface area contributed by atoms with Crippen molar-refractivity contribution in [2.75, 3.05) is 0 Å². The number of carbonyl (C=O) groups excluding carboxylic acids is 1. The third-order valence-corrected chi connectivity index (χ3v) is 3.22. The van der Waals surface area contributed by atoms with Crippen molar-refractivity contribution < 1.29 is 19.4 Å². The minimum atomic E-state index is -1.13. The van der Waals surface area contributed by atoms with Gasteiger partial charge in [0.25, 0.3) is 0 Å². The molecule has 102 valence electrons. The zero-order chi connectivity index (χ0) is 13.6. The van der Waals surface area contributed by atoms with Crippen LogP contribution in [0.2, 0.25) is 0 Å². The van der Waals surface area contributed by atoms with Crippen LogP contribution >= 0.6 is 0 Å². The minimum Gasteiger partial charge on any atom is -0.478 e. The lowest BCUT2D eigenvalue weighted by molar-refractivity contribution is -0.159. The quantitative estimate of drug-likeness (QED) is 0.605. The van der Waals surface area contributed by atoms with Gasteiger partial charge in [0.2, 0.25) is 0 Å². The largest absolute Gasteiger partial charge is 0.478 e. The second-order valence-electron chi connectivity index (χ2n) is 5.43. The average molecular weight is 254 g/mol. The predicted molar refractivity (Wildman–Crippen MR) is 68.1 cm³/mol. The zero-order valence-corrected chi connectivity index (χ0v) is 11.1. The highest BCUT2D eigenvalue weighted by Gasteiger charge is 2.35. The number of esters is 1. The molecule has 4 heteroatoms. The van der Waals surface area contributed by atoms with Crippen molar-refractivity contribution in [2.24, 2.45) is 5.92 Å². The fraction of sp³-hybridized carbons (Fsp3) is 0.714. The Labute approximate surface area is 108 Å².